The van der Waals surface area contributed by atoms with Crippen LogP contribution in [0, 0.1) is 0 Å². The molecule has 5 nitrogen and oxygen atoms in total. The molecule has 0 spiro atoms. The van der Waals surface area contributed by atoms with E-state index in [2.05, 4.69) is 5.32 Å². The number of rotatable bonds is 4. The number of halogens is 2. The van der Waals surface area contributed by atoms with Crippen LogP contribution in [0.2, 0.25) is 10.0 Å². The number of nitrogens with one attached hydrogen (secondary N) is 1. The lowest BCUT2D eigenvalue weighted by Gasteiger charge is -2.20. The highest BCUT2D eigenvalue weighted by molar-refractivity contribution is 6.37. The highest BCUT2D eigenvalue weighted by atomic mass is 35.5. The fraction of sp³-hybridized carbons (Fsp3) is 0.176. The Hall–Kier alpha value is -2.24. The molecule has 1 fully saturated rings. The fourth-order valence-electron chi connectivity index (χ4n) is 3.08. The molecule has 0 radical (unpaired) electrons. The minimum Gasteiger partial charge on any atom is -0.481 e. The van der Waals surface area contributed by atoms with E-state index in [0.717, 1.165) is 5.56 Å². The number of carbonyl (C=O) groups is 2. The molecule has 0 saturated heterocycles. The fourth-order valence-corrected chi connectivity index (χ4v) is 3.68. The van der Waals surface area contributed by atoms with Gasteiger partial charge >= 0.3 is 12.0 Å². The van der Waals surface area contributed by atoms with Crippen LogP contribution in [0.5, 0.6) is 0 Å². The summed E-state index contributed by atoms with van der Waals surface area (Å²) >= 11 is 12.5. The van der Waals surface area contributed by atoms with Gasteiger partial charge in [-0.25, -0.2) is 4.79 Å². The molecular formula is C17H14Cl2N2O3. The Morgan fingerprint density at radius 1 is 1.21 bits per heavy atom. The van der Waals surface area contributed by atoms with Crippen molar-refractivity contribution < 1.29 is 14.7 Å². The van der Waals surface area contributed by atoms with E-state index in [1.165, 1.54) is 0 Å². The van der Waals surface area contributed by atoms with Gasteiger partial charge in [-0.15, -0.1) is 0 Å². The average molecular weight is 365 g/mol. The summed E-state index contributed by atoms with van der Waals surface area (Å²) in [6.45, 7) is 0. The van der Waals surface area contributed by atoms with Crippen LogP contribution >= 0.6 is 23.2 Å². The summed E-state index contributed by atoms with van der Waals surface area (Å²) in [6.07, 6.45) is 0.224. The van der Waals surface area contributed by atoms with Crippen molar-refractivity contribution in [3.63, 3.8) is 0 Å². The van der Waals surface area contributed by atoms with Gasteiger partial charge < -0.3 is 16.2 Å². The molecule has 0 heterocycles. The van der Waals surface area contributed by atoms with E-state index in [-0.39, 0.29) is 6.42 Å². The van der Waals surface area contributed by atoms with Crippen LogP contribution in [0.15, 0.2) is 42.5 Å². The topological polar surface area (TPSA) is 92.4 Å². The highest BCUT2D eigenvalue weighted by Gasteiger charge is 2.63. The maximum absolute atomic E-state index is 12.0. The number of carboxylic acids is 1. The molecule has 24 heavy (non-hydrogen) atoms. The zero-order chi connectivity index (χ0) is 17.5. The molecule has 1 saturated carbocycles. The molecule has 7 heteroatoms. The number of aliphatic carboxylic acids is 1. The lowest BCUT2D eigenvalue weighted by Crippen LogP contribution is -2.38. The average Bonchev–Trinajstić information content (AvgIpc) is 3.21. The van der Waals surface area contributed by atoms with Crippen molar-refractivity contribution in [2.24, 2.45) is 5.73 Å². The Labute approximate surface area is 148 Å². The van der Waals surface area contributed by atoms with Crippen LogP contribution in [-0.2, 0) is 10.2 Å². The number of amides is 2. The number of primary amides is 1. The van der Waals surface area contributed by atoms with Gasteiger partial charge in [0.25, 0.3) is 0 Å². The molecule has 2 unspecified atom stereocenters. The maximum atomic E-state index is 12.0. The molecule has 1 aliphatic rings. The van der Waals surface area contributed by atoms with Crippen molar-refractivity contribution >= 4 is 35.2 Å². The predicted molar refractivity (Wildman–Crippen MR) is 92.3 cm³/mol. The standard InChI is InChI=1S/C17H14Cl2N2O3/c18-10-6-11(17(15(22)23)8-13(17)21-16(20)24)14(12(19)7-10)9-4-2-1-3-5-9/h1-7,13H,8H2,(H,22,23)(H3,20,21,24). The molecule has 124 valence electrons. The smallest absolute Gasteiger partial charge is 0.316 e. The minimum absolute atomic E-state index is 0.224. The second-order valence-electron chi connectivity index (χ2n) is 5.72. The van der Waals surface area contributed by atoms with E-state index >= 15 is 0 Å². The zero-order valence-electron chi connectivity index (χ0n) is 12.4. The van der Waals surface area contributed by atoms with E-state index in [1.54, 1.807) is 12.1 Å². The zero-order valence-corrected chi connectivity index (χ0v) is 13.9. The van der Waals surface area contributed by atoms with E-state index in [4.69, 9.17) is 28.9 Å². The SMILES string of the molecule is NC(=O)NC1CC1(C(=O)O)c1cc(Cl)cc(Cl)c1-c1ccccc1. The largest absolute Gasteiger partial charge is 0.481 e. The molecule has 1 aliphatic carbocycles. The molecule has 3 rings (SSSR count). The Kier molecular flexibility index (Phi) is 4.15. The molecule has 2 amide bonds. The number of hydrogen-bond donors (Lipinski definition) is 3. The van der Waals surface area contributed by atoms with Gasteiger partial charge in [0.05, 0.1) is 11.1 Å². The van der Waals surface area contributed by atoms with Gasteiger partial charge in [0.2, 0.25) is 0 Å². The van der Waals surface area contributed by atoms with Gasteiger partial charge in [0, 0.05) is 10.6 Å². The Morgan fingerprint density at radius 3 is 2.46 bits per heavy atom. The third kappa shape index (κ3) is 2.70. The quantitative estimate of drug-likeness (QED) is 0.775. The second-order valence-corrected chi connectivity index (χ2v) is 6.56. The number of benzene rings is 2. The van der Waals surface area contributed by atoms with Crippen molar-refractivity contribution in [2.45, 2.75) is 17.9 Å². The van der Waals surface area contributed by atoms with Crippen molar-refractivity contribution in [3.05, 3.63) is 58.1 Å². The Balaban J connectivity index is 2.20. The Bertz CT molecular complexity index is 826. The normalized spacial score (nSPS) is 22.0. The van der Waals surface area contributed by atoms with E-state index in [1.807, 2.05) is 30.3 Å². The van der Waals surface area contributed by atoms with Crippen LogP contribution in [0.25, 0.3) is 11.1 Å². The number of nitrogens with two attached hydrogens (primary N) is 1. The van der Waals surface area contributed by atoms with Gasteiger partial charge in [0.1, 0.15) is 5.41 Å². The molecule has 0 bridgehead atoms. The first-order chi connectivity index (χ1) is 11.4. The van der Waals surface area contributed by atoms with Gasteiger partial charge in [0.15, 0.2) is 0 Å². The molecular weight excluding hydrogens is 351 g/mol. The van der Waals surface area contributed by atoms with Crippen LogP contribution in [0.1, 0.15) is 12.0 Å². The Morgan fingerprint density at radius 2 is 1.88 bits per heavy atom. The number of hydrogen-bond acceptors (Lipinski definition) is 2. The first-order valence-corrected chi connectivity index (χ1v) is 7.96. The summed E-state index contributed by atoms with van der Waals surface area (Å²) in [4.78, 5) is 23.2. The van der Waals surface area contributed by atoms with Crippen LogP contribution in [0.4, 0.5) is 4.79 Å². The highest BCUT2D eigenvalue weighted by Crippen LogP contribution is 2.53. The lowest BCUT2D eigenvalue weighted by atomic mass is 9.87. The molecule has 2 atom stereocenters. The van der Waals surface area contributed by atoms with Gasteiger partial charge in [-0.05, 0) is 29.7 Å². The number of carbonyl (C=O) groups excluding carboxylic acids is 1. The third-order valence-electron chi connectivity index (χ3n) is 4.26. The van der Waals surface area contributed by atoms with Gasteiger partial charge in [-0.2, -0.15) is 0 Å². The van der Waals surface area contributed by atoms with E-state index < -0.39 is 23.5 Å². The van der Waals surface area contributed by atoms with Crippen LogP contribution < -0.4 is 11.1 Å². The molecule has 0 aromatic heterocycles. The first kappa shape index (κ1) is 16.6. The first-order valence-electron chi connectivity index (χ1n) is 7.20. The molecule has 2 aromatic rings. The van der Waals surface area contributed by atoms with E-state index in [0.29, 0.717) is 21.2 Å². The lowest BCUT2D eigenvalue weighted by molar-refractivity contribution is -0.140. The summed E-state index contributed by atoms with van der Waals surface area (Å²) in [5.74, 6) is -1.06. The van der Waals surface area contributed by atoms with Crippen molar-refractivity contribution in [1.29, 1.82) is 0 Å². The van der Waals surface area contributed by atoms with Crippen molar-refractivity contribution in [3.8, 4) is 11.1 Å². The summed E-state index contributed by atoms with van der Waals surface area (Å²) < 4.78 is 0. The number of carboxylic acid groups (broad SMARTS) is 1. The summed E-state index contributed by atoms with van der Waals surface area (Å²) in [6, 6.07) is 11.0. The number of urea groups is 1. The second kappa shape index (κ2) is 6.00. The summed E-state index contributed by atoms with van der Waals surface area (Å²) in [5, 5.41) is 13.0. The monoisotopic (exact) mass is 364 g/mol. The minimum atomic E-state index is -1.30. The summed E-state index contributed by atoms with van der Waals surface area (Å²) in [7, 11) is 0. The van der Waals surface area contributed by atoms with Gasteiger partial charge in [-0.3, -0.25) is 4.79 Å². The van der Waals surface area contributed by atoms with Crippen molar-refractivity contribution in [2.75, 3.05) is 0 Å². The molecule has 2 aromatic carbocycles. The van der Waals surface area contributed by atoms with Crippen molar-refractivity contribution in [1.82, 2.24) is 5.32 Å². The molecule has 4 N–H and O–H groups in total. The molecule has 0 aliphatic heterocycles. The maximum Gasteiger partial charge on any atom is 0.316 e. The summed E-state index contributed by atoms with van der Waals surface area (Å²) in [5.41, 5.74) is 5.69. The van der Waals surface area contributed by atoms with E-state index in [9.17, 15) is 14.7 Å². The van der Waals surface area contributed by atoms with Gasteiger partial charge in [-0.1, -0.05) is 53.5 Å². The van der Waals surface area contributed by atoms with Crippen LogP contribution in [0.3, 0.4) is 0 Å². The van der Waals surface area contributed by atoms with Crippen LogP contribution in [-0.4, -0.2) is 23.1 Å². The predicted octanol–water partition coefficient (Wildman–Crippen LogP) is 3.42. The third-order valence-corrected chi connectivity index (χ3v) is 4.77.